The van der Waals surface area contributed by atoms with Gasteiger partial charge < -0.3 is 5.32 Å². The second-order valence-electron chi connectivity index (χ2n) is 6.27. The van der Waals surface area contributed by atoms with Crippen LogP contribution in [0.2, 0.25) is 5.02 Å². The van der Waals surface area contributed by atoms with Crippen LogP contribution in [0, 0.1) is 20.2 Å². The fourth-order valence-corrected chi connectivity index (χ4v) is 2.93. The average Bonchev–Trinajstić information content (AvgIpc) is 2.77. The van der Waals surface area contributed by atoms with Gasteiger partial charge in [-0.1, -0.05) is 35.9 Å². The highest BCUT2D eigenvalue weighted by molar-refractivity contribution is 6.34. The van der Waals surface area contributed by atoms with E-state index in [-0.39, 0.29) is 27.5 Å². The highest BCUT2D eigenvalue weighted by atomic mass is 35.5. The molecule has 0 bridgehead atoms. The van der Waals surface area contributed by atoms with E-state index in [0.717, 1.165) is 18.2 Å². The number of carbonyl (C=O) groups excluding carboxylic acids is 2. The molecule has 0 saturated carbocycles. The fourth-order valence-electron chi connectivity index (χ4n) is 2.71. The Kier molecular flexibility index (Phi) is 6.61. The van der Waals surface area contributed by atoms with Crippen molar-refractivity contribution in [3.05, 3.63) is 103 Å². The number of hydrazine groups is 1. The van der Waals surface area contributed by atoms with Gasteiger partial charge in [0.1, 0.15) is 5.69 Å². The van der Waals surface area contributed by atoms with Crippen molar-refractivity contribution in [2.75, 3.05) is 10.7 Å². The minimum Gasteiger partial charge on any atom is -0.321 e. The minimum absolute atomic E-state index is 0.0602. The summed E-state index contributed by atoms with van der Waals surface area (Å²) in [6.45, 7) is 0. The summed E-state index contributed by atoms with van der Waals surface area (Å²) < 4.78 is 0. The van der Waals surface area contributed by atoms with Gasteiger partial charge in [0, 0.05) is 6.07 Å². The number of hydrogen-bond acceptors (Lipinski definition) is 7. The monoisotopic (exact) mass is 455 g/mol. The van der Waals surface area contributed by atoms with Gasteiger partial charge in [0.05, 0.1) is 37.7 Å². The number of carbonyl (C=O) groups is 2. The maximum Gasteiger partial charge on any atom is 0.300 e. The molecule has 12 heteroatoms. The number of amides is 2. The number of anilines is 2. The zero-order valence-electron chi connectivity index (χ0n) is 16.1. The molecule has 11 nitrogen and oxygen atoms in total. The summed E-state index contributed by atoms with van der Waals surface area (Å²) in [5, 5.41) is 24.9. The van der Waals surface area contributed by atoms with E-state index in [1.807, 2.05) is 0 Å². The fraction of sp³-hybridized carbons (Fsp3) is 0. The lowest BCUT2D eigenvalue weighted by molar-refractivity contribution is -0.393. The summed E-state index contributed by atoms with van der Waals surface area (Å²) in [4.78, 5) is 45.6. The second-order valence-corrected chi connectivity index (χ2v) is 6.68. The predicted molar refractivity (Wildman–Crippen MR) is 117 cm³/mol. The lowest BCUT2D eigenvalue weighted by Gasteiger charge is -2.13. The first kappa shape index (κ1) is 22.2. The largest absolute Gasteiger partial charge is 0.321 e. The number of hydrogen-bond donors (Lipinski definition) is 3. The summed E-state index contributed by atoms with van der Waals surface area (Å²) in [5.74, 6) is -1.25. The number of rotatable bonds is 7. The van der Waals surface area contributed by atoms with Gasteiger partial charge in [0.25, 0.3) is 17.5 Å². The van der Waals surface area contributed by atoms with Crippen molar-refractivity contribution < 1.29 is 19.4 Å². The predicted octanol–water partition coefficient (Wildman–Crippen LogP) is 4.17. The van der Waals surface area contributed by atoms with Gasteiger partial charge in [0.2, 0.25) is 0 Å². The molecule has 0 atom stereocenters. The van der Waals surface area contributed by atoms with Gasteiger partial charge in [-0.2, -0.15) is 0 Å². The zero-order chi connectivity index (χ0) is 23.3. The van der Waals surface area contributed by atoms with Gasteiger partial charge in [0.15, 0.2) is 0 Å². The Morgan fingerprint density at radius 1 is 0.781 bits per heavy atom. The van der Waals surface area contributed by atoms with Crippen LogP contribution < -0.4 is 16.2 Å². The standard InChI is InChI=1S/C20H14ClN5O6/c21-15-7-3-1-5-13(15)19(27)22-16-8-4-2-6-14(16)20(28)24-23-17-10-9-12(25(29)30)11-18(17)26(31)32/h1-11,23H,(H,22,27)(H,24,28). The number of nitrogens with zero attached hydrogens (tertiary/aromatic N) is 2. The van der Waals surface area contributed by atoms with Crippen LogP contribution in [0.3, 0.4) is 0 Å². The van der Waals surface area contributed by atoms with Crippen molar-refractivity contribution in [3.63, 3.8) is 0 Å². The van der Waals surface area contributed by atoms with E-state index in [2.05, 4.69) is 16.2 Å². The average molecular weight is 456 g/mol. The van der Waals surface area contributed by atoms with Crippen LogP contribution in [0.5, 0.6) is 0 Å². The number of nitro benzene ring substituents is 2. The van der Waals surface area contributed by atoms with Crippen LogP contribution in [0.1, 0.15) is 20.7 Å². The molecule has 0 aliphatic carbocycles. The van der Waals surface area contributed by atoms with Crippen molar-refractivity contribution in [1.82, 2.24) is 5.43 Å². The second kappa shape index (κ2) is 9.53. The van der Waals surface area contributed by atoms with Crippen molar-refractivity contribution in [2.24, 2.45) is 0 Å². The van der Waals surface area contributed by atoms with E-state index in [1.165, 1.54) is 18.2 Å². The number of halogens is 1. The molecule has 2 amide bonds. The number of benzene rings is 3. The van der Waals surface area contributed by atoms with Crippen LogP contribution in [0.25, 0.3) is 0 Å². The molecule has 0 aromatic heterocycles. The zero-order valence-corrected chi connectivity index (χ0v) is 16.8. The number of nitro groups is 2. The molecule has 0 heterocycles. The Hall–Kier alpha value is -4.51. The topological polar surface area (TPSA) is 157 Å². The van der Waals surface area contributed by atoms with E-state index in [9.17, 15) is 29.8 Å². The molecule has 162 valence electrons. The Balaban J connectivity index is 1.79. The Morgan fingerprint density at radius 3 is 2.09 bits per heavy atom. The van der Waals surface area contributed by atoms with Gasteiger partial charge >= 0.3 is 5.69 Å². The van der Waals surface area contributed by atoms with Crippen LogP contribution in [-0.4, -0.2) is 21.7 Å². The maximum atomic E-state index is 12.7. The van der Waals surface area contributed by atoms with Gasteiger partial charge in [-0.05, 0) is 30.3 Å². The Bertz CT molecular complexity index is 1230. The molecule has 3 N–H and O–H groups in total. The van der Waals surface area contributed by atoms with Gasteiger partial charge in [-0.3, -0.25) is 40.7 Å². The van der Waals surface area contributed by atoms with Gasteiger partial charge in [-0.15, -0.1) is 0 Å². The molecule has 3 aromatic rings. The molecular weight excluding hydrogens is 442 g/mol. The van der Waals surface area contributed by atoms with Crippen molar-refractivity contribution >= 4 is 46.2 Å². The summed E-state index contributed by atoms with van der Waals surface area (Å²) >= 11 is 6.03. The van der Waals surface area contributed by atoms with Crippen molar-refractivity contribution in [1.29, 1.82) is 0 Å². The number of para-hydroxylation sites is 1. The number of nitrogens with one attached hydrogen (secondary N) is 3. The molecule has 0 radical (unpaired) electrons. The lowest BCUT2D eigenvalue weighted by atomic mass is 10.1. The summed E-state index contributed by atoms with van der Waals surface area (Å²) in [7, 11) is 0. The highest BCUT2D eigenvalue weighted by Crippen LogP contribution is 2.28. The van der Waals surface area contributed by atoms with Crippen molar-refractivity contribution in [2.45, 2.75) is 0 Å². The van der Waals surface area contributed by atoms with Crippen LogP contribution in [0.4, 0.5) is 22.7 Å². The Labute approximate surface area is 185 Å². The smallest absolute Gasteiger partial charge is 0.300 e. The first-order valence-electron chi connectivity index (χ1n) is 8.92. The quantitative estimate of drug-likeness (QED) is 0.356. The maximum absolute atomic E-state index is 12.7. The molecule has 3 aromatic carbocycles. The normalized spacial score (nSPS) is 10.2. The molecule has 32 heavy (non-hydrogen) atoms. The van der Waals surface area contributed by atoms with Crippen molar-refractivity contribution in [3.8, 4) is 0 Å². The summed E-state index contributed by atoms with van der Waals surface area (Å²) in [6.07, 6.45) is 0. The third-order valence-corrected chi connectivity index (χ3v) is 4.57. The third-order valence-electron chi connectivity index (χ3n) is 4.24. The van der Waals surface area contributed by atoms with E-state index in [1.54, 1.807) is 30.3 Å². The van der Waals surface area contributed by atoms with Crippen LogP contribution in [-0.2, 0) is 0 Å². The first-order chi connectivity index (χ1) is 15.3. The number of non-ortho nitro benzene ring substituents is 1. The van der Waals surface area contributed by atoms with E-state index in [4.69, 9.17) is 11.6 Å². The Morgan fingerprint density at radius 2 is 1.44 bits per heavy atom. The van der Waals surface area contributed by atoms with Gasteiger partial charge in [-0.25, -0.2) is 0 Å². The molecule has 3 rings (SSSR count). The van der Waals surface area contributed by atoms with Crippen LogP contribution in [0.15, 0.2) is 66.7 Å². The molecule has 0 saturated heterocycles. The molecule has 0 aliphatic heterocycles. The molecule has 0 fully saturated rings. The summed E-state index contributed by atoms with van der Waals surface area (Å²) in [5.41, 5.74) is 3.89. The summed E-state index contributed by atoms with van der Waals surface area (Å²) in [6, 6.07) is 15.4. The van der Waals surface area contributed by atoms with E-state index >= 15 is 0 Å². The minimum atomic E-state index is -0.820. The van der Waals surface area contributed by atoms with E-state index in [0.29, 0.717) is 0 Å². The first-order valence-corrected chi connectivity index (χ1v) is 9.30. The van der Waals surface area contributed by atoms with Crippen LogP contribution >= 0.6 is 11.6 Å². The molecule has 0 spiro atoms. The lowest BCUT2D eigenvalue weighted by Crippen LogP contribution is -2.30. The SMILES string of the molecule is O=C(Nc1ccccc1C(=O)NNc1ccc([N+](=O)[O-])cc1[N+](=O)[O-])c1ccccc1Cl. The highest BCUT2D eigenvalue weighted by Gasteiger charge is 2.21. The molecular formula is C20H14ClN5O6. The third kappa shape index (κ3) is 4.96. The molecule has 0 aliphatic rings. The molecule has 0 unspecified atom stereocenters. The van der Waals surface area contributed by atoms with E-state index < -0.39 is 33.0 Å².